The molecule has 9 nitrogen and oxygen atoms in total. The van der Waals surface area contributed by atoms with Crippen LogP contribution in [-0.4, -0.2) is 34.7 Å². The number of H-pyrrole nitrogens is 1. The van der Waals surface area contributed by atoms with Crippen molar-refractivity contribution in [2.45, 2.75) is 6.54 Å². The summed E-state index contributed by atoms with van der Waals surface area (Å²) in [7, 11) is 2.84. The molecule has 1 amide bonds. The summed E-state index contributed by atoms with van der Waals surface area (Å²) in [6, 6.07) is 9.49. The molecule has 170 valence electrons. The highest BCUT2D eigenvalue weighted by atomic mass is 35.5. The molecule has 3 heterocycles. The van der Waals surface area contributed by atoms with E-state index in [1.54, 1.807) is 18.2 Å². The number of carbonyl (C=O) groups excluding carboxylic acids is 1. The lowest BCUT2D eigenvalue weighted by atomic mass is 10.2. The van der Waals surface area contributed by atoms with Gasteiger partial charge in [0, 0.05) is 6.54 Å². The maximum absolute atomic E-state index is 13.1. The molecule has 1 aromatic carbocycles. The second-order valence-corrected chi connectivity index (χ2v) is 8.60. The zero-order valence-corrected chi connectivity index (χ0v) is 19.6. The number of rotatable bonds is 6. The predicted molar refractivity (Wildman–Crippen MR) is 127 cm³/mol. The first kappa shape index (κ1) is 22.8. The minimum absolute atomic E-state index is 0.0554. The summed E-state index contributed by atoms with van der Waals surface area (Å²) in [5.41, 5.74) is -0.296. The van der Waals surface area contributed by atoms with Gasteiger partial charge in [-0.2, -0.15) is 4.98 Å². The van der Waals surface area contributed by atoms with Gasteiger partial charge in [0.25, 0.3) is 17.3 Å². The Kier molecular flexibility index (Phi) is 6.41. The third-order valence-corrected chi connectivity index (χ3v) is 6.55. The zero-order chi connectivity index (χ0) is 23.7. The van der Waals surface area contributed by atoms with Crippen LogP contribution in [0.4, 0.5) is 0 Å². The highest BCUT2D eigenvalue weighted by Gasteiger charge is 2.18. The number of ether oxygens (including phenoxy) is 2. The van der Waals surface area contributed by atoms with Crippen LogP contribution >= 0.6 is 34.5 Å². The van der Waals surface area contributed by atoms with E-state index in [-0.39, 0.29) is 33.3 Å². The second-order valence-electron chi connectivity index (χ2n) is 6.74. The SMILES string of the molecule is COc1ccc(-n2c(=O)[nH]c3cc(C(=O)NCc4ccc(Cl)c(Cl)c4)sc3c2=O)nc1OC. The minimum Gasteiger partial charge on any atom is -0.491 e. The number of nitrogens with zero attached hydrogens (tertiary/aromatic N) is 2. The molecule has 0 saturated carbocycles. The third-order valence-electron chi connectivity index (χ3n) is 4.69. The van der Waals surface area contributed by atoms with Gasteiger partial charge < -0.3 is 19.8 Å². The van der Waals surface area contributed by atoms with Crippen LogP contribution in [0.2, 0.25) is 10.0 Å². The topological polar surface area (TPSA) is 115 Å². The Bertz CT molecular complexity index is 1490. The highest BCUT2D eigenvalue weighted by Crippen LogP contribution is 2.26. The third kappa shape index (κ3) is 4.45. The van der Waals surface area contributed by atoms with E-state index < -0.39 is 17.2 Å². The number of methoxy groups -OCH3 is 2. The molecule has 3 aromatic heterocycles. The number of benzene rings is 1. The lowest BCUT2D eigenvalue weighted by molar-refractivity contribution is 0.0955. The molecule has 0 spiro atoms. The van der Waals surface area contributed by atoms with E-state index >= 15 is 0 Å². The van der Waals surface area contributed by atoms with Crippen molar-refractivity contribution in [3.63, 3.8) is 0 Å². The Balaban J connectivity index is 1.66. The molecule has 0 saturated heterocycles. The Morgan fingerprint density at radius 1 is 1.12 bits per heavy atom. The molecule has 0 atom stereocenters. The molecule has 0 aliphatic carbocycles. The fourth-order valence-electron chi connectivity index (χ4n) is 3.09. The monoisotopic (exact) mass is 506 g/mol. The predicted octanol–water partition coefficient (Wildman–Crippen LogP) is 3.39. The summed E-state index contributed by atoms with van der Waals surface area (Å²) in [6.45, 7) is 0.209. The van der Waals surface area contributed by atoms with Crippen molar-refractivity contribution >= 4 is 50.7 Å². The quantitative estimate of drug-likeness (QED) is 0.414. The number of fused-ring (bicyclic) bond motifs is 1. The number of hydrogen-bond donors (Lipinski definition) is 2. The van der Waals surface area contributed by atoms with Gasteiger partial charge in [0.1, 0.15) is 10.5 Å². The Morgan fingerprint density at radius 3 is 2.61 bits per heavy atom. The number of nitrogens with one attached hydrogen (secondary N) is 2. The van der Waals surface area contributed by atoms with Crippen LogP contribution in [0.15, 0.2) is 46.0 Å². The van der Waals surface area contributed by atoms with Gasteiger partial charge >= 0.3 is 5.69 Å². The molecule has 2 N–H and O–H groups in total. The van der Waals surface area contributed by atoms with E-state index in [2.05, 4.69) is 15.3 Å². The summed E-state index contributed by atoms with van der Waals surface area (Å²) in [4.78, 5) is 45.4. The van der Waals surface area contributed by atoms with Crippen molar-refractivity contribution in [1.29, 1.82) is 0 Å². The van der Waals surface area contributed by atoms with Gasteiger partial charge in [0.15, 0.2) is 5.75 Å². The Morgan fingerprint density at radius 2 is 1.91 bits per heavy atom. The molecule has 0 bridgehead atoms. The van der Waals surface area contributed by atoms with Crippen molar-refractivity contribution in [2.24, 2.45) is 0 Å². The molecule has 33 heavy (non-hydrogen) atoms. The normalized spacial score (nSPS) is 10.9. The number of aromatic nitrogens is 3. The van der Waals surface area contributed by atoms with Gasteiger partial charge in [-0.1, -0.05) is 29.3 Å². The van der Waals surface area contributed by atoms with Crippen LogP contribution in [0.3, 0.4) is 0 Å². The van der Waals surface area contributed by atoms with Gasteiger partial charge in [-0.3, -0.25) is 9.59 Å². The molecule has 12 heteroatoms. The average Bonchev–Trinajstić information content (AvgIpc) is 3.24. The Labute approximate surface area is 200 Å². The smallest absolute Gasteiger partial charge is 0.334 e. The molecular weight excluding hydrogens is 491 g/mol. The summed E-state index contributed by atoms with van der Waals surface area (Å²) in [5, 5.41) is 3.56. The lowest BCUT2D eigenvalue weighted by Gasteiger charge is -2.09. The first-order chi connectivity index (χ1) is 15.8. The molecule has 0 radical (unpaired) electrons. The number of carbonyl (C=O) groups is 1. The fourth-order valence-corrected chi connectivity index (χ4v) is 4.37. The van der Waals surface area contributed by atoms with E-state index in [4.69, 9.17) is 32.7 Å². The van der Waals surface area contributed by atoms with E-state index in [0.29, 0.717) is 15.8 Å². The summed E-state index contributed by atoms with van der Waals surface area (Å²) in [5.74, 6) is 0.122. The van der Waals surface area contributed by atoms with Crippen LogP contribution in [0.5, 0.6) is 11.6 Å². The largest absolute Gasteiger partial charge is 0.491 e. The summed E-state index contributed by atoms with van der Waals surface area (Å²) in [6.07, 6.45) is 0. The van der Waals surface area contributed by atoms with Crippen LogP contribution in [0.1, 0.15) is 15.2 Å². The van der Waals surface area contributed by atoms with Crippen LogP contribution in [-0.2, 0) is 6.54 Å². The van der Waals surface area contributed by atoms with Crippen LogP contribution < -0.4 is 26.0 Å². The standard InChI is InChI=1S/C21H16Cl2N4O5S/c1-31-14-5-6-16(26-19(14)32-2)27-20(29)17-13(25-21(27)30)8-15(33-17)18(28)24-9-10-3-4-11(22)12(23)7-10/h3-8H,9H2,1-2H3,(H,24,28)(H,25,30). The minimum atomic E-state index is -0.701. The molecule has 0 aliphatic rings. The van der Waals surface area contributed by atoms with Crippen molar-refractivity contribution < 1.29 is 14.3 Å². The van der Waals surface area contributed by atoms with Crippen molar-refractivity contribution in [1.82, 2.24) is 19.9 Å². The number of amides is 1. The van der Waals surface area contributed by atoms with E-state index in [0.717, 1.165) is 21.5 Å². The van der Waals surface area contributed by atoms with E-state index in [1.807, 2.05) is 0 Å². The molecule has 0 fully saturated rings. The van der Waals surface area contributed by atoms with Crippen molar-refractivity contribution in [2.75, 3.05) is 14.2 Å². The first-order valence-corrected chi connectivity index (χ1v) is 11.0. The highest BCUT2D eigenvalue weighted by molar-refractivity contribution is 7.20. The number of halogens is 2. The maximum Gasteiger partial charge on any atom is 0.334 e. The number of pyridine rings is 1. The van der Waals surface area contributed by atoms with Gasteiger partial charge in [-0.15, -0.1) is 11.3 Å². The number of hydrogen-bond acceptors (Lipinski definition) is 7. The van der Waals surface area contributed by atoms with E-state index in [1.165, 1.54) is 32.4 Å². The van der Waals surface area contributed by atoms with Gasteiger partial charge in [-0.25, -0.2) is 9.36 Å². The zero-order valence-electron chi connectivity index (χ0n) is 17.3. The molecular formula is C21H16Cl2N4O5S. The van der Waals surface area contributed by atoms with E-state index in [9.17, 15) is 14.4 Å². The number of thiophene rings is 1. The van der Waals surface area contributed by atoms with Crippen LogP contribution in [0, 0.1) is 0 Å². The lowest BCUT2D eigenvalue weighted by Crippen LogP contribution is -2.33. The molecule has 4 rings (SSSR count). The Hall–Kier alpha value is -3.34. The van der Waals surface area contributed by atoms with Gasteiger partial charge in [-0.05, 0) is 35.9 Å². The van der Waals surface area contributed by atoms with Gasteiger partial charge in [0.05, 0.1) is 34.7 Å². The fraction of sp³-hybridized carbons (Fsp3) is 0.143. The second kappa shape index (κ2) is 9.26. The molecule has 0 aliphatic heterocycles. The molecule has 0 unspecified atom stereocenters. The summed E-state index contributed by atoms with van der Waals surface area (Å²) < 4.78 is 11.4. The van der Waals surface area contributed by atoms with Crippen molar-refractivity contribution in [3.8, 4) is 17.4 Å². The van der Waals surface area contributed by atoms with Gasteiger partial charge in [0.2, 0.25) is 0 Å². The van der Waals surface area contributed by atoms with Crippen LogP contribution in [0.25, 0.3) is 16.0 Å². The summed E-state index contributed by atoms with van der Waals surface area (Å²) >= 11 is 12.9. The van der Waals surface area contributed by atoms with Crippen molar-refractivity contribution in [3.05, 3.63) is 77.7 Å². The number of aromatic amines is 1. The average molecular weight is 507 g/mol. The molecule has 4 aromatic rings. The maximum atomic E-state index is 13.1. The first-order valence-electron chi connectivity index (χ1n) is 9.42.